The third kappa shape index (κ3) is 5.63. The van der Waals surface area contributed by atoms with E-state index in [1.807, 2.05) is 0 Å². The van der Waals surface area contributed by atoms with Crippen LogP contribution in [0.15, 0.2) is 176 Å². The Labute approximate surface area is 320 Å². The van der Waals surface area contributed by atoms with Crippen LogP contribution in [-0.2, 0) is 18.3 Å². The summed E-state index contributed by atoms with van der Waals surface area (Å²) in [6.07, 6.45) is 2.01. The molecule has 0 unspecified atom stereocenters. The lowest BCUT2D eigenvalue weighted by molar-refractivity contribution is 0.660. The molecular formula is C53H45N. The van der Waals surface area contributed by atoms with Crippen molar-refractivity contribution in [2.45, 2.75) is 46.0 Å². The highest BCUT2D eigenvalue weighted by Crippen LogP contribution is 2.53. The molecule has 1 heteroatoms. The predicted molar refractivity (Wildman–Crippen MR) is 231 cm³/mol. The standard InChI is InChI=1S/C53H45N/c1-5-36-16-9-10-19-44(36)45-33-29-41(34-37(45)6-2)39-26-30-42(31-27-39)54(43-32-28-38-17-7-8-18-40(38)35-43)51-25-14-12-20-46(51)47-22-15-24-50-52(47)48-21-11-13-23-49(48)53(50,3)4/h7-35H,5-6H2,1-4H3. The quantitative estimate of drug-likeness (QED) is 0.153. The Hall–Kier alpha value is -6.18. The van der Waals surface area contributed by atoms with Gasteiger partial charge >= 0.3 is 0 Å². The normalized spacial score (nSPS) is 12.7. The second-order valence-electron chi connectivity index (χ2n) is 15.1. The van der Waals surface area contributed by atoms with Crippen molar-refractivity contribution in [3.05, 3.63) is 198 Å². The SMILES string of the molecule is CCc1ccccc1-c1ccc(-c2ccc(N(c3ccc4ccccc4c3)c3ccccc3-c3cccc4c3-c3ccccc3C4(C)C)cc2)cc1CC. The molecule has 9 rings (SSSR count). The number of nitrogens with zero attached hydrogens (tertiary/aromatic N) is 1. The molecule has 1 aliphatic carbocycles. The Bertz CT molecular complexity index is 2660. The number of rotatable bonds is 8. The summed E-state index contributed by atoms with van der Waals surface area (Å²) in [5.41, 5.74) is 19.2. The second kappa shape index (κ2) is 13.7. The lowest BCUT2D eigenvalue weighted by Gasteiger charge is -2.29. The van der Waals surface area contributed by atoms with E-state index in [9.17, 15) is 0 Å². The van der Waals surface area contributed by atoms with Gasteiger partial charge in [-0.1, -0.05) is 173 Å². The maximum Gasteiger partial charge on any atom is 0.0540 e. The Morgan fingerprint density at radius 2 is 1.00 bits per heavy atom. The van der Waals surface area contributed by atoms with Gasteiger partial charge in [-0.15, -0.1) is 0 Å². The largest absolute Gasteiger partial charge is 0.310 e. The molecule has 0 fully saturated rings. The molecule has 0 spiro atoms. The van der Waals surface area contributed by atoms with Gasteiger partial charge in [-0.3, -0.25) is 0 Å². The Kier molecular flexibility index (Phi) is 8.51. The first-order valence-corrected chi connectivity index (χ1v) is 19.4. The molecule has 0 atom stereocenters. The van der Waals surface area contributed by atoms with Gasteiger partial charge in [0.1, 0.15) is 0 Å². The Morgan fingerprint density at radius 1 is 0.407 bits per heavy atom. The van der Waals surface area contributed by atoms with Gasteiger partial charge in [0.05, 0.1) is 5.69 Å². The lowest BCUT2D eigenvalue weighted by Crippen LogP contribution is -2.14. The minimum Gasteiger partial charge on any atom is -0.310 e. The van der Waals surface area contributed by atoms with Gasteiger partial charge in [0.2, 0.25) is 0 Å². The number of fused-ring (bicyclic) bond motifs is 4. The highest BCUT2D eigenvalue weighted by Gasteiger charge is 2.37. The first kappa shape index (κ1) is 33.6. The van der Waals surface area contributed by atoms with Crippen molar-refractivity contribution in [1.29, 1.82) is 0 Å². The zero-order valence-electron chi connectivity index (χ0n) is 31.6. The molecule has 8 aromatic carbocycles. The van der Waals surface area contributed by atoms with Crippen LogP contribution in [0.3, 0.4) is 0 Å². The number of hydrogen-bond acceptors (Lipinski definition) is 1. The van der Waals surface area contributed by atoms with Crippen LogP contribution < -0.4 is 4.90 Å². The maximum absolute atomic E-state index is 2.44. The van der Waals surface area contributed by atoms with Crippen LogP contribution >= 0.6 is 0 Å². The number of para-hydroxylation sites is 1. The molecule has 0 amide bonds. The minimum atomic E-state index is -0.0695. The second-order valence-corrected chi connectivity index (χ2v) is 15.1. The lowest BCUT2D eigenvalue weighted by atomic mass is 9.82. The molecule has 0 bridgehead atoms. The summed E-state index contributed by atoms with van der Waals surface area (Å²) in [6.45, 7) is 9.22. The van der Waals surface area contributed by atoms with Crippen molar-refractivity contribution in [2.75, 3.05) is 4.90 Å². The average molecular weight is 696 g/mol. The van der Waals surface area contributed by atoms with Crippen LogP contribution in [0.1, 0.15) is 49.9 Å². The summed E-state index contributed by atoms with van der Waals surface area (Å²) in [7, 11) is 0. The Balaban J connectivity index is 1.18. The summed E-state index contributed by atoms with van der Waals surface area (Å²) in [4.78, 5) is 2.44. The van der Waals surface area contributed by atoms with Gasteiger partial charge in [-0.05, 0) is 115 Å². The molecule has 0 radical (unpaired) electrons. The zero-order valence-corrected chi connectivity index (χ0v) is 31.6. The minimum absolute atomic E-state index is 0.0695. The molecule has 0 saturated carbocycles. The van der Waals surface area contributed by atoms with E-state index in [-0.39, 0.29) is 5.41 Å². The van der Waals surface area contributed by atoms with E-state index < -0.39 is 0 Å². The molecule has 0 saturated heterocycles. The fraction of sp³-hybridized carbons (Fsp3) is 0.132. The van der Waals surface area contributed by atoms with E-state index in [0.29, 0.717) is 0 Å². The number of hydrogen-bond donors (Lipinski definition) is 0. The monoisotopic (exact) mass is 695 g/mol. The van der Waals surface area contributed by atoms with Crippen molar-refractivity contribution in [1.82, 2.24) is 0 Å². The summed E-state index contributed by atoms with van der Waals surface area (Å²) in [6, 6.07) is 65.2. The highest BCUT2D eigenvalue weighted by molar-refractivity contribution is 5.99. The molecule has 0 heterocycles. The van der Waals surface area contributed by atoms with Gasteiger partial charge < -0.3 is 4.90 Å². The van der Waals surface area contributed by atoms with Crippen LogP contribution in [0.25, 0.3) is 55.3 Å². The van der Waals surface area contributed by atoms with Crippen LogP contribution in [0.5, 0.6) is 0 Å². The highest BCUT2D eigenvalue weighted by atomic mass is 15.1. The van der Waals surface area contributed by atoms with Crippen molar-refractivity contribution < 1.29 is 0 Å². The number of benzene rings is 8. The van der Waals surface area contributed by atoms with E-state index in [1.165, 1.54) is 77.5 Å². The van der Waals surface area contributed by atoms with Gasteiger partial charge in [0.15, 0.2) is 0 Å². The molecule has 0 aromatic heterocycles. The molecule has 0 N–H and O–H groups in total. The molecule has 54 heavy (non-hydrogen) atoms. The zero-order chi connectivity index (χ0) is 36.8. The van der Waals surface area contributed by atoms with Gasteiger partial charge in [-0.2, -0.15) is 0 Å². The third-order valence-electron chi connectivity index (χ3n) is 11.7. The predicted octanol–water partition coefficient (Wildman–Crippen LogP) is 14.7. The summed E-state index contributed by atoms with van der Waals surface area (Å²) in [5, 5.41) is 2.46. The third-order valence-corrected chi connectivity index (χ3v) is 11.7. The van der Waals surface area contributed by atoms with Crippen LogP contribution in [0.4, 0.5) is 17.1 Å². The van der Waals surface area contributed by atoms with E-state index >= 15 is 0 Å². The molecule has 262 valence electrons. The van der Waals surface area contributed by atoms with E-state index in [4.69, 9.17) is 0 Å². The van der Waals surface area contributed by atoms with Crippen molar-refractivity contribution in [3.8, 4) is 44.5 Å². The van der Waals surface area contributed by atoms with Crippen molar-refractivity contribution in [3.63, 3.8) is 0 Å². The summed E-state index contributed by atoms with van der Waals surface area (Å²) in [5.74, 6) is 0. The maximum atomic E-state index is 2.44. The van der Waals surface area contributed by atoms with Crippen molar-refractivity contribution >= 4 is 27.8 Å². The fourth-order valence-corrected chi connectivity index (χ4v) is 8.84. The smallest absolute Gasteiger partial charge is 0.0540 e. The molecular weight excluding hydrogens is 651 g/mol. The first-order valence-electron chi connectivity index (χ1n) is 19.4. The van der Waals surface area contributed by atoms with Crippen molar-refractivity contribution in [2.24, 2.45) is 0 Å². The molecule has 0 aliphatic heterocycles. The number of aryl methyl sites for hydroxylation is 2. The van der Waals surface area contributed by atoms with Gasteiger partial charge in [0.25, 0.3) is 0 Å². The summed E-state index contributed by atoms with van der Waals surface area (Å²) < 4.78 is 0. The first-order chi connectivity index (χ1) is 26.5. The van der Waals surface area contributed by atoms with Crippen LogP contribution in [-0.4, -0.2) is 0 Å². The number of anilines is 3. The molecule has 8 aromatic rings. The fourth-order valence-electron chi connectivity index (χ4n) is 8.84. The van der Waals surface area contributed by atoms with Gasteiger partial charge in [0, 0.05) is 22.4 Å². The molecule has 1 nitrogen and oxygen atoms in total. The van der Waals surface area contributed by atoms with Gasteiger partial charge in [-0.25, -0.2) is 0 Å². The summed E-state index contributed by atoms with van der Waals surface area (Å²) >= 11 is 0. The molecule has 1 aliphatic rings. The van der Waals surface area contributed by atoms with E-state index in [1.54, 1.807) is 0 Å². The topological polar surface area (TPSA) is 3.24 Å². The van der Waals surface area contributed by atoms with E-state index in [2.05, 4.69) is 209 Å². The van der Waals surface area contributed by atoms with Crippen LogP contribution in [0.2, 0.25) is 0 Å². The van der Waals surface area contributed by atoms with Crippen LogP contribution in [0, 0.1) is 0 Å². The average Bonchev–Trinajstić information content (AvgIpc) is 3.47. The Morgan fingerprint density at radius 3 is 1.80 bits per heavy atom. The van der Waals surface area contributed by atoms with E-state index in [0.717, 1.165) is 29.9 Å².